The van der Waals surface area contributed by atoms with Crippen LogP contribution >= 0.6 is 11.3 Å². The number of carbonyl (C=O) groups is 1. The number of thiophene rings is 1. The van der Waals surface area contributed by atoms with Gasteiger partial charge in [0, 0.05) is 24.4 Å². The second kappa shape index (κ2) is 9.45. The largest absolute Gasteiger partial charge is 0.354 e. The average Bonchev–Trinajstić information content (AvgIpc) is 3.37. The van der Waals surface area contributed by atoms with Crippen LogP contribution in [0, 0.1) is 0 Å². The normalized spacial score (nSPS) is 16.3. The zero-order chi connectivity index (χ0) is 19.1. The highest BCUT2D eigenvalue weighted by molar-refractivity contribution is 7.89. The Kier molecular flexibility index (Phi) is 7.01. The van der Waals surface area contributed by atoms with Gasteiger partial charge in [-0.05, 0) is 49.5 Å². The monoisotopic (exact) mass is 407 g/mol. The smallest absolute Gasteiger partial charge is 0.240 e. The maximum absolute atomic E-state index is 12.2. The Hall–Kier alpha value is -1.74. The minimum absolute atomic E-state index is 0.0798. The first-order chi connectivity index (χ1) is 13.1. The number of rotatable bonds is 9. The average molecular weight is 408 g/mol. The highest BCUT2D eigenvalue weighted by atomic mass is 32.2. The van der Waals surface area contributed by atoms with Crippen molar-refractivity contribution in [2.24, 2.45) is 0 Å². The van der Waals surface area contributed by atoms with E-state index in [9.17, 15) is 13.2 Å². The van der Waals surface area contributed by atoms with E-state index in [2.05, 4.69) is 26.4 Å². The van der Waals surface area contributed by atoms with Crippen LogP contribution < -0.4 is 10.0 Å². The molecule has 1 amide bonds. The second-order valence-electron chi connectivity index (χ2n) is 6.54. The molecule has 1 aliphatic heterocycles. The molecule has 1 aromatic heterocycles. The first-order valence-electron chi connectivity index (χ1n) is 9.15. The number of likely N-dealkylation sites (tertiary alicyclic amines) is 1. The van der Waals surface area contributed by atoms with Gasteiger partial charge in [-0.1, -0.05) is 24.3 Å². The van der Waals surface area contributed by atoms with Crippen molar-refractivity contribution in [2.75, 3.05) is 26.2 Å². The van der Waals surface area contributed by atoms with Crippen LogP contribution in [0.5, 0.6) is 0 Å². The van der Waals surface area contributed by atoms with Crippen LogP contribution in [-0.4, -0.2) is 45.4 Å². The number of nitrogens with one attached hydrogen (secondary N) is 2. The van der Waals surface area contributed by atoms with Crippen LogP contribution in [0.1, 0.15) is 30.2 Å². The van der Waals surface area contributed by atoms with Gasteiger partial charge in [-0.3, -0.25) is 9.69 Å². The summed E-state index contributed by atoms with van der Waals surface area (Å²) in [6, 6.07) is 12.5. The highest BCUT2D eigenvalue weighted by Crippen LogP contribution is 2.27. The van der Waals surface area contributed by atoms with Crippen LogP contribution in [-0.2, 0) is 14.8 Å². The third-order valence-electron chi connectivity index (χ3n) is 4.64. The van der Waals surface area contributed by atoms with Crippen molar-refractivity contribution >= 4 is 27.3 Å². The molecule has 0 spiro atoms. The Morgan fingerprint density at radius 1 is 1.11 bits per heavy atom. The fourth-order valence-electron chi connectivity index (χ4n) is 3.22. The molecule has 2 aromatic rings. The van der Waals surface area contributed by atoms with E-state index < -0.39 is 10.0 Å². The number of nitrogens with zero attached hydrogens (tertiary/aromatic N) is 1. The van der Waals surface area contributed by atoms with E-state index in [1.807, 2.05) is 6.07 Å². The Bertz CT molecular complexity index is 817. The quantitative estimate of drug-likeness (QED) is 0.669. The van der Waals surface area contributed by atoms with Crippen molar-refractivity contribution < 1.29 is 13.2 Å². The van der Waals surface area contributed by atoms with Crippen molar-refractivity contribution in [3.63, 3.8) is 0 Å². The van der Waals surface area contributed by atoms with Gasteiger partial charge in [0.05, 0.1) is 10.9 Å². The van der Waals surface area contributed by atoms with Crippen LogP contribution in [0.3, 0.4) is 0 Å². The Morgan fingerprint density at radius 3 is 2.52 bits per heavy atom. The predicted octanol–water partition coefficient (Wildman–Crippen LogP) is 2.37. The van der Waals surface area contributed by atoms with Crippen molar-refractivity contribution in [1.82, 2.24) is 14.9 Å². The molecule has 146 valence electrons. The topological polar surface area (TPSA) is 78.5 Å². The summed E-state index contributed by atoms with van der Waals surface area (Å²) in [5, 5.41) is 5.02. The molecule has 1 aliphatic rings. The zero-order valence-corrected chi connectivity index (χ0v) is 16.8. The second-order valence-corrected chi connectivity index (χ2v) is 9.29. The number of sulfonamides is 1. The minimum Gasteiger partial charge on any atom is -0.354 e. The van der Waals surface area contributed by atoms with Gasteiger partial charge in [0.2, 0.25) is 15.9 Å². The van der Waals surface area contributed by atoms with E-state index in [-0.39, 0.29) is 29.8 Å². The van der Waals surface area contributed by atoms with Gasteiger partial charge in [0.1, 0.15) is 0 Å². The standard InChI is InChI=1S/C19H25N3O3S2/c23-19(10-11-21-27(24,25)16-7-2-1-3-8-16)20-15-17(18-9-6-14-26-18)22-12-4-5-13-22/h1-3,6-9,14,17,21H,4-5,10-13,15H2,(H,20,23). The first-order valence-corrected chi connectivity index (χ1v) is 11.5. The van der Waals surface area contributed by atoms with E-state index in [4.69, 9.17) is 0 Å². The van der Waals surface area contributed by atoms with Gasteiger partial charge in [-0.25, -0.2) is 13.1 Å². The predicted molar refractivity (Wildman–Crippen MR) is 107 cm³/mol. The zero-order valence-electron chi connectivity index (χ0n) is 15.1. The summed E-state index contributed by atoms with van der Waals surface area (Å²) in [5.41, 5.74) is 0. The fourth-order valence-corrected chi connectivity index (χ4v) is 5.14. The molecule has 1 aromatic carbocycles. The lowest BCUT2D eigenvalue weighted by Gasteiger charge is -2.26. The van der Waals surface area contributed by atoms with Gasteiger partial charge in [-0.2, -0.15) is 0 Å². The van der Waals surface area contributed by atoms with Gasteiger partial charge in [-0.15, -0.1) is 11.3 Å². The number of benzene rings is 1. The van der Waals surface area contributed by atoms with E-state index in [1.165, 1.54) is 29.9 Å². The molecule has 0 aliphatic carbocycles. The maximum atomic E-state index is 12.2. The van der Waals surface area contributed by atoms with Crippen LogP contribution in [0.2, 0.25) is 0 Å². The molecule has 27 heavy (non-hydrogen) atoms. The molecule has 1 unspecified atom stereocenters. The van der Waals surface area contributed by atoms with Crippen LogP contribution in [0.15, 0.2) is 52.7 Å². The van der Waals surface area contributed by atoms with Crippen molar-refractivity contribution in [1.29, 1.82) is 0 Å². The molecular formula is C19H25N3O3S2. The number of carbonyl (C=O) groups excluding carboxylic acids is 1. The molecule has 1 atom stereocenters. The molecular weight excluding hydrogens is 382 g/mol. The highest BCUT2D eigenvalue weighted by Gasteiger charge is 2.24. The SMILES string of the molecule is O=C(CCNS(=O)(=O)c1ccccc1)NCC(c1cccs1)N1CCCC1. The molecule has 0 radical (unpaired) electrons. The Balaban J connectivity index is 1.47. The molecule has 3 rings (SSSR count). The van der Waals surface area contributed by atoms with Gasteiger partial charge >= 0.3 is 0 Å². The summed E-state index contributed by atoms with van der Waals surface area (Å²) in [7, 11) is -3.57. The summed E-state index contributed by atoms with van der Waals surface area (Å²) in [6.45, 7) is 2.73. The third-order valence-corrected chi connectivity index (χ3v) is 7.09. The molecule has 6 nitrogen and oxygen atoms in total. The minimum atomic E-state index is -3.57. The number of amides is 1. The molecule has 2 heterocycles. The molecule has 1 fully saturated rings. The number of hydrogen-bond acceptors (Lipinski definition) is 5. The third kappa shape index (κ3) is 5.62. The van der Waals surface area contributed by atoms with E-state index in [1.54, 1.807) is 29.5 Å². The van der Waals surface area contributed by atoms with Gasteiger partial charge in [0.15, 0.2) is 0 Å². The molecule has 2 N–H and O–H groups in total. The summed E-state index contributed by atoms with van der Waals surface area (Å²) in [5.74, 6) is -0.147. The van der Waals surface area contributed by atoms with E-state index >= 15 is 0 Å². The summed E-state index contributed by atoms with van der Waals surface area (Å²) >= 11 is 1.70. The molecule has 0 bridgehead atoms. The fraction of sp³-hybridized carbons (Fsp3) is 0.421. The van der Waals surface area contributed by atoms with Crippen molar-refractivity contribution in [3.8, 4) is 0 Å². The first kappa shape index (κ1) is 20.0. The Labute approximate surface area is 164 Å². The Morgan fingerprint density at radius 2 is 1.85 bits per heavy atom. The van der Waals surface area contributed by atoms with Gasteiger partial charge < -0.3 is 5.32 Å². The molecule has 1 saturated heterocycles. The van der Waals surface area contributed by atoms with E-state index in [0.29, 0.717) is 6.54 Å². The van der Waals surface area contributed by atoms with Gasteiger partial charge in [0.25, 0.3) is 0 Å². The van der Waals surface area contributed by atoms with E-state index in [0.717, 1.165) is 13.1 Å². The van der Waals surface area contributed by atoms with Crippen LogP contribution in [0.4, 0.5) is 0 Å². The van der Waals surface area contributed by atoms with Crippen LogP contribution in [0.25, 0.3) is 0 Å². The lowest BCUT2D eigenvalue weighted by Crippen LogP contribution is -2.37. The lowest BCUT2D eigenvalue weighted by atomic mass is 10.2. The summed E-state index contributed by atoms with van der Waals surface area (Å²) in [4.78, 5) is 16.1. The maximum Gasteiger partial charge on any atom is 0.240 e. The number of hydrogen-bond donors (Lipinski definition) is 2. The molecule has 0 saturated carbocycles. The summed E-state index contributed by atoms with van der Waals surface area (Å²) < 4.78 is 26.8. The van der Waals surface area contributed by atoms with Crippen molar-refractivity contribution in [2.45, 2.75) is 30.2 Å². The van der Waals surface area contributed by atoms with Crippen molar-refractivity contribution in [3.05, 3.63) is 52.7 Å². The lowest BCUT2D eigenvalue weighted by molar-refractivity contribution is -0.121. The molecule has 8 heteroatoms. The summed E-state index contributed by atoms with van der Waals surface area (Å²) in [6.07, 6.45) is 2.50.